The first-order valence-electron chi connectivity index (χ1n) is 16.2. The molecular weight excluding hydrogens is 649 g/mol. The minimum Gasteiger partial charge on any atom is -0.393 e. The third-order valence-corrected chi connectivity index (χ3v) is 14.8. The number of nitrogens with two attached hydrogens (primary N) is 1. The van der Waals surface area contributed by atoms with Gasteiger partial charge >= 0.3 is 0 Å². The van der Waals surface area contributed by atoms with Gasteiger partial charge in [0.05, 0.1) is 29.6 Å². The standard InChI is InChI=1S/C33H48N2O8S3/c1-3-35(28-19-22(2)45(40,41)33-27(28)20-32(44-33)46(34,42)43)31(39)14-10-5-4-9-13-25-26(30(38)21-29(25)37)18-17-24(36)16-15-23-11-7-6-8-12-23/h4,6-9,11-12,20,22,24-26,28-30,36-38H,3,5,10,13-19,21H2,1-2H3,(H2,34,42,43)/b9-4-/t22-,24-,25+,26+,28-,29-,30+/m0/s1. The number of allylic oxidation sites excluding steroid dienone is 2. The van der Waals surface area contributed by atoms with Gasteiger partial charge in [-0.05, 0) is 95.1 Å². The molecule has 1 fully saturated rings. The summed E-state index contributed by atoms with van der Waals surface area (Å²) in [5.41, 5.74) is 1.50. The molecule has 5 N–H and O–H groups in total. The molecule has 0 radical (unpaired) electrons. The van der Waals surface area contributed by atoms with Crippen LogP contribution in [0.25, 0.3) is 0 Å². The number of hydrogen-bond acceptors (Lipinski definition) is 9. The second kappa shape index (κ2) is 15.8. The highest BCUT2D eigenvalue weighted by Crippen LogP contribution is 2.45. The molecular formula is C33H48N2O8S3. The summed E-state index contributed by atoms with van der Waals surface area (Å²) in [5, 5.41) is 36.3. The quantitative estimate of drug-likeness (QED) is 0.159. The fourth-order valence-corrected chi connectivity index (χ4v) is 11.3. The van der Waals surface area contributed by atoms with Gasteiger partial charge in [-0.1, -0.05) is 42.5 Å². The van der Waals surface area contributed by atoms with Crippen LogP contribution in [-0.2, 0) is 31.1 Å². The smallest absolute Gasteiger partial charge is 0.247 e. The van der Waals surface area contributed by atoms with Gasteiger partial charge in [0.15, 0.2) is 9.84 Å². The van der Waals surface area contributed by atoms with E-state index < -0.39 is 49.5 Å². The second-order valence-corrected chi connectivity index (χ2v) is 18.1. The number of sulfonamides is 1. The van der Waals surface area contributed by atoms with Crippen LogP contribution in [0.1, 0.15) is 88.8 Å². The number of benzene rings is 1. The van der Waals surface area contributed by atoms with Crippen molar-refractivity contribution in [3.8, 4) is 0 Å². The summed E-state index contributed by atoms with van der Waals surface area (Å²) >= 11 is 0.645. The van der Waals surface area contributed by atoms with Crippen LogP contribution in [0.3, 0.4) is 0 Å². The number of aryl methyl sites for hydroxylation is 1. The summed E-state index contributed by atoms with van der Waals surface area (Å²) in [5.74, 6) is -0.331. The Morgan fingerprint density at radius 3 is 2.48 bits per heavy atom. The van der Waals surface area contributed by atoms with Gasteiger partial charge in [0, 0.05) is 18.5 Å². The monoisotopic (exact) mass is 696 g/mol. The van der Waals surface area contributed by atoms with Crippen molar-refractivity contribution >= 4 is 37.1 Å². The van der Waals surface area contributed by atoms with E-state index in [0.717, 1.165) is 6.42 Å². The third kappa shape index (κ3) is 8.86. The van der Waals surface area contributed by atoms with Crippen molar-refractivity contribution in [2.24, 2.45) is 17.0 Å². The largest absolute Gasteiger partial charge is 0.393 e. The number of thiophene rings is 1. The molecule has 2 aromatic rings. The van der Waals surface area contributed by atoms with Crippen molar-refractivity contribution in [1.82, 2.24) is 4.90 Å². The third-order valence-electron chi connectivity index (χ3n) is 9.52. The summed E-state index contributed by atoms with van der Waals surface area (Å²) in [6.45, 7) is 3.73. The number of sulfone groups is 1. The van der Waals surface area contributed by atoms with Gasteiger partial charge in [0.2, 0.25) is 15.9 Å². The second-order valence-electron chi connectivity index (χ2n) is 12.7. The molecule has 13 heteroatoms. The Morgan fingerprint density at radius 2 is 1.80 bits per heavy atom. The molecule has 0 bridgehead atoms. The summed E-state index contributed by atoms with van der Waals surface area (Å²) in [7, 11) is -7.82. The fourth-order valence-electron chi connectivity index (χ4n) is 6.88. The Balaban J connectivity index is 1.27. The number of nitrogens with zero attached hydrogens (tertiary/aromatic N) is 1. The van der Waals surface area contributed by atoms with Crippen molar-refractivity contribution in [3.05, 3.63) is 59.7 Å². The maximum Gasteiger partial charge on any atom is 0.247 e. The first-order valence-corrected chi connectivity index (χ1v) is 20.1. The number of hydrogen-bond donors (Lipinski definition) is 4. The van der Waals surface area contributed by atoms with Crippen LogP contribution in [-0.4, -0.2) is 73.1 Å². The molecule has 1 saturated carbocycles. The van der Waals surface area contributed by atoms with Crippen LogP contribution >= 0.6 is 11.3 Å². The van der Waals surface area contributed by atoms with Crippen LogP contribution in [0.4, 0.5) is 0 Å². The van der Waals surface area contributed by atoms with Gasteiger partial charge in [-0.3, -0.25) is 4.79 Å². The number of carbonyl (C=O) groups is 1. The summed E-state index contributed by atoms with van der Waals surface area (Å²) in [6.07, 6.45) is 7.49. The van der Waals surface area contributed by atoms with Gasteiger partial charge in [-0.15, -0.1) is 11.3 Å². The number of primary sulfonamides is 1. The van der Waals surface area contributed by atoms with Gasteiger partial charge in [-0.25, -0.2) is 22.0 Å². The minimum absolute atomic E-state index is 0.0336. The lowest BCUT2D eigenvalue weighted by atomic mass is 9.85. The maximum atomic E-state index is 13.3. The molecule has 2 aliphatic rings. The minimum atomic E-state index is -4.10. The maximum absolute atomic E-state index is 13.3. The van der Waals surface area contributed by atoms with Crippen LogP contribution in [0, 0.1) is 11.8 Å². The molecule has 0 unspecified atom stereocenters. The normalized spacial score (nSPS) is 26.7. The van der Waals surface area contributed by atoms with E-state index in [2.05, 4.69) is 0 Å². The van der Waals surface area contributed by atoms with Gasteiger partial charge in [0.25, 0.3) is 0 Å². The zero-order valence-electron chi connectivity index (χ0n) is 26.6. The zero-order chi connectivity index (χ0) is 33.6. The van der Waals surface area contributed by atoms with Crippen molar-refractivity contribution in [2.75, 3.05) is 6.54 Å². The molecule has 10 nitrogen and oxygen atoms in total. The van der Waals surface area contributed by atoms with E-state index >= 15 is 0 Å². The van der Waals surface area contributed by atoms with Crippen LogP contribution in [0.5, 0.6) is 0 Å². The number of aliphatic hydroxyl groups excluding tert-OH is 3. The summed E-state index contributed by atoms with van der Waals surface area (Å²) in [6, 6.07) is 10.8. The Bertz CT molecular complexity index is 1560. The summed E-state index contributed by atoms with van der Waals surface area (Å²) < 4.78 is 49.6. The molecule has 46 heavy (non-hydrogen) atoms. The number of amides is 1. The Morgan fingerprint density at radius 1 is 1.11 bits per heavy atom. The molecule has 7 atom stereocenters. The van der Waals surface area contributed by atoms with Crippen molar-refractivity contribution in [2.45, 2.75) is 116 Å². The number of aliphatic hydroxyl groups is 3. The number of fused-ring (bicyclic) bond motifs is 1. The molecule has 2 heterocycles. The molecule has 0 saturated heterocycles. The SMILES string of the molecule is CCN(C(=O)CCC/C=C\C[C@@H]1[C@@H](CC[C@@H](O)CCc2ccccc2)[C@H](O)C[C@@H]1O)[C@H]1C[C@H](C)S(=O)(=O)c2sc(S(N)(=O)=O)cc21. The predicted octanol–water partition coefficient (Wildman–Crippen LogP) is 4.10. The van der Waals surface area contributed by atoms with Crippen molar-refractivity contribution in [1.29, 1.82) is 0 Å². The van der Waals surface area contributed by atoms with Gasteiger partial charge in [0.1, 0.15) is 8.42 Å². The van der Waals surface area contributed by atoms with E-state index in [-0.39, 0.29) is 39.0 Å². The van der Waals surface area contributed by atoms with Crippen LogP contribution in [0.15, 0.2) is 57.0 Å². The van der Waals surface area contributed by atoms with Gasteiger partial charge in [-0.2, -0.15) is 0 Å². The first kappa shape index (κ1) is 36.7. The van der Waals surface area contributed by atoms with Crippen molar-refractivity contribution in [3.63, 3.8) is 0 Å². The lowest BCUT2D eigenvalue weighted by molar-refractivity contribution is -0.133. The molecule has 4 rings (SSSR count). The Labute approximate surface area is 277 Å². The van der Waals surface area contributed by atoms with E-state index in [1.165, 1.54) is 11.6 Å². The number of unbranched alkanes of at least 4 members (excludes halogenated alkanes) is 1. The van der Waals surface area contributed by atoms with E-state index in [4.69, 9.17) is 5.14 Å². The molecule has 256 valence electrons. The predicted molar refractivity (Wildman–Crippen MR) is 178 cm³/mol. The molecule has 1 aliphatic heterocycles. The van der Waals surface area contributed by atoms with Crippen LogP contribution < -0.4 is 5.14 Å². The first-order chi connectivity index (χ1) is 21.7. The van der Waals surface area contributed by atoms with E-state index in [0.29, 0.717) is 68.4 Å². The topological polar surface area (TPSA) is 175 Å². The lowest BCUT2D eigenvalue weighted by Crippen LogP contribution is -2.40. The highest BCUT2D eigenvalue weighted by Gasteiger charge is 2.43. The van der Waals surface area contributed by atoms with E-state index in [1.807, 2.05) is 49.4 Å². The van der Waals surface area contributed by atoms with Crippen LogP contribution in [0.2, 0.25) is 0 Å². The number of rotatable bonds is 15. The molecule has 1 aromatic carbocycles. The molecule has 1 amide bonds. The molecule has 1 aromatic heterocycles. The Kier molecular flexibility index (Phi) is 12.6. The zero-order valence-corrected chi connectivity index (χ0v) is 29.0. The van der Waals surface area contributed by atoms with Gasteiger partial charge < -0.3 is 20.2 Å². The fraction of sp³-hybridized carbons (Fsp3) is 0.606. The highest BCUT2D eigenvalue weighted by molar-refractivity contribution is 7.95. The van der Waals surface area contributed by atoms with E-state index in [9.17, 15) is 36.9 Å². The lowest BCUT2D eigenvalue weighted by Gasteiger charge is -2.36. The Hall–Kier alpha value is -2.13. The molecule has 1 aliphatic carbocycles. The summed E-state index contributed by atoms with van der Waals surface area (Å²) in [4.78, 5) is 14.9. The number of carbonyl (C=O) groups excluding carboxylic acids is 1. The average Bonchev–Trinajstić information content (AvgIpc) is 3.58. The molecule has 0 spiro atoms. The van der Waals surface area contributed by atoms with Crippen molar-refractivity contribution < 1.29 is 36.9 Å². The average molecular weight is 697 g/mol. The van der Waals surface area contributed by atoms with E-state index in [1.54, 1.807) is 11.8 Å². The highest BCUT2D eigenvalue weighted by atomic mass is 32.3.